The first kappa shape index (κ1) is 11.8. The van der Waals surface area contributed by atoms with Crippen molar-refractivity contribution in [2.24, 2.45) is 5.73 Å². The Balaban J connectivity index is 4.23. The topological polar surface area (TPSA) is 52.3 Å². The third-order valence-electron chi connectivity index (χ3n) is 1.19. The average Bonchev–Trinajstić information content (AvgIpc) is 1.84. The molecule has 0 spiro atoms. The van der Waals surface area contributed by atoms with Crippen LogP contribution in [0.2, 0.25) is 0 Å². The first-order valence-corrected chi connectivity index (χ1v) is 4.45. The van der Waals surface area contributed by atoms with Gasteiger partial charge in [0.25, 0.3) is 0 Å². The van der Waals surface area contributed by atoms with E-state index < -0.39 is 17.1 Å². The highest BCUT2D eigenvalue weighted by Gasteiger charge is 2.31. The lowest BCUT2D eigenvalue weighted by Crippen LogP contribution is -2.50. The summed E-state index contributed by atoms with van der Waals surface area (Å²) in [5, 5.41) is 0. The quantitative estimate of drug-likeness (QED) is 0.505. The zero-order valence-corrected chi connectivity index (χ0v) is 8.94. The van der Waals surface area contributed by atoms with Gasteiger partial charge in [0.1, 0.15) is 11.1 Å². The van der Waals surface area contributed by atoms with Crippen molar-refractivity contribution in [1.82, 2.24) is 0 Å². The number of rotatable bonds is 2. The largest absolute Gasteiger partial charge is 0.459 e. The Morgan fingerprint density at radius 3 is 2.08 bits per heavy atom. The van der Waals surface area contributed by atoms with Crippen LogP contribution in [0.25, 0.3) is 0 Å². The fourth-order valence-corrected chi connectivity index (χ4v) is 0.588. The third-order valence-corrected chi connectivity index (χ3v) is 1.85. The van der Waals surface area contributed by atoms with Gasteiger partial charge in [-0.15, -0.1) is 0 Å². The van der Waals surface area contributed by atoms with E-state index in [1.807, 2.05) is 0 Å². The summed E-state index contributed by atoms with van der Waals surface area (Å²) < 4.78 is 5.08. The van der Waals surface area contributed by atoms with E-state index >= 15 is 0 Å². The second-order valence-electron chi connectivity index (χ2n) is 4.08. The summed E-state index contributed by atoms with van der Waals surface area (Å²) >= 11 is 3.96. The lowest BCUT2D eigenvalue weighted by Gasteiger charge is -2.26. The summed E-state index contributed by atoms with van der Waals surface area (Å²) in [4.78, 5) is 11.3. The maximum absolute atomic E-state index is 11.3. The van der Waals surface area contributed by atoms with Crippen LogP contribution in [-0.4, -0.2) is 22.9 Å². The zero-order valence-electron chi connectivity index (χ0n) is 8.05. The lowest BCUT2D eigenvalue weighted by atomic mass is 10.1. The smallest absolute Gasteiger partial charge is 0.327 e. The third kappa shape index (κ3) is 3.97. The summed E-state index contributed by atoms with van der Waals surface area (Å²) in [5.74, 6) is -0.132. The minimum absolute atomic E-state index is 0.280. The highest BCUT2D eigenvalue weighted by Crippen LogP contribution is 2.13. The molecule has 0 heterocycles. The van der Waals surface area contributed by atoms with Crippen molar-refractivity contribution >= 4 is 18.6 Å². The van der Waals surface area contributed by atoms with Gasteiger partial charge in [0.2, 0.25) is 0 Å². The van der Waals surface area contributed by atoms with E-state index in [2.05, 4.69) is 12.6 Å². The summed E-state index contributed by atoms with van der Waals surface area (Å²) in [5.41, 5.74) is 4.14. The van der Waals surface area contributed by atoms with E-state index in [4.69, 9.17) is 10.5 Å². The Bertz CT molecular complexity index is 172. The molecule has 2 N–H and O–H groups in total. The van der Waals surface area contributed by atoms with Gasteiger partial charge >= 0.3 is 5.97 Å². The Morgan fingerprint density at radius 2 is 1.83 bits per heavy atom. The van der Waals surface area contributed by atoms with E-state index in [0.717, 1.165) is 0 Å². The molecule has 3 nitrogen and oxygen atoms in total. The number of carbonyl (C=O) groups excluding carboxylic acids is 1. The second kappa shape index (κ2) is 3.66. The molecule has 0 fully saturated rings. The zero-order chi connectivity index (χ0) is 9.99. The van der Waals surface area contributed by atoms with Crippen LogP contribution in [0.4, 0.5) is 0 Å². The van der Waals surface area contributed by atoms with Crippen LogP contribution in [-0.2, 0) is 9.53 Å². The van der Waals surface area contributed by atoms with Crippen molar-refractivity contribution in [1.29, 1.82) is 0 Å². The highest BCUT2D eigenvalue weighted by atomic mass is 32.1. The van der Waals surface area contributed by atoms with Gasteiger partial charge in [-0.1, -0.05) is 0 Å². The van der Waals surface area contributed by atoms with E-state index in [1.54, 1.807) is 27.7 Å². The monoisotopic (exact) mass is 191 g/mol. The first-order chi connectivity index (χ1) is 5.19. The van der Waals surface area contributed by atoms with E-state index in [1.165, 1.54) is 0 Å². The summed E-state index contributed by atoms with van der Waals surface area (Å²) in [6.45, 7) is 7.02. The molecular weight excluding hydrogens is 174 g/mol. The van der Waals surface area contributed by atoms with Crippen molar-refractivity contribution in [3.8, 4) is 0 Å². The number of ether oxygens (including phenoxy) is 1. The molecule has 0 aromatic rings. The van der Waals surface area contributed by atoms with Crippen molar-refractivity contribution in [3.63, 3.8) is 0 Å². The Hall–Kier alpha value is -0.220. The van der Waals surface area contributed by atoms with Gasteiger partial charge in [0, 0.05) is 5.75 Å². The average molecular weight is 191 g/mol. The molecule has 4 heteroatoms. The molecule has 0 bridgehead atoms. The fraction of sp³-hybridized carbons (Fsp3) is 0.875. The summed E-state index contributed by atoms with van der Waals surface area (Å²) in [7, 11) is 0. The normalized spacial score (nSPS) is 16.8. The molecule has 12 heavy (non-hydrogen) atoms. The number of esters is 1. The van der Waals surface area contributed by atoms with E-state index in [-0.39, 0.29) is 5.75 Å². The number of hydrogen-bond donors (Lipinski definition) is 2. The molecular formula is C8H17NO2S. The van der Waals surface area contributed by atoms with Gasteiger partial charge in [0.05, 0.1) is 0 Å². The maximum atomic E-state index is 11.3. The van der Waals surface area contributed by atoms with Crippen molar-refractivity contribution in [2.75, 3.05) is 5.75 Å². The Labute approximate surface area is 79.1 Å². The van der Waals surface area contributed by atoms with Crippen molar-refractivity contribution < 1.29 is 9.53 Å². The summed E-state index contributed by atoms with van der Waals surface area (Å²) in [6, 6.07) is 0. The standard InChI is InChI=1S/C8H17NO2S/c1-7(2,3)11-6(10)8(4,9)5-12/h12H,5,9H2,1-4H3/t8-/m1/s1. The predicted molar refractivity (Wildman–Crippen MR) is 52.3 cm³/mol. The van der Waals surface area contributed by atoms with Gasteiger partial charge in [-0.05, 0) is 27.7 Å². The molecule has 0 aromatic heterocycles. The van der Waals surface area contributed by atoms with Crippen LogP contribution in [0, 0.1) is 0 Å². The number of carbonyl (C=O) groups is 1. The molecule has 0 radical (unpaired) electrons. The molecule has 72 valence electrons. The molecule has 0 aliphatic heterocycles. The predicted octanol–water partition coefficient (Wildman–Crippen LogP) is 0.975. The van der Waals surface area contributed by atoms with Gasteiger partial charge in [0.15, 0.2) is 0 Å². The molecule has 0 aromatic carbocycles. The van der Waals surface area contributed by atoms with E-state index in [0.29, 0.717) is 0 Å². The van der Waals surface area contributed by atoms with E-state index in [9.17, 15) is 4.79 Å². The number of hydrogen-bond acceptors (Lipinski definition) is 4. The molecule has 0 aliphatic rings. The van der Waals surface area contributed by atoms with Crippen molar-refractivity contribution in [2.45, 2.75) is 38.8 Å². The lowest BCUT2D eigenvalue weighted by molar-refractivity contribution is -0.160. The molecule has 0 saturated heterocycles. The first-order valence-electron chi connectivity index (χ1n) is 3.82. The molecule has 0 rings (SSSR count). The maximum Gasteiger partial charge on any atom is 0.327 e. The van der Waals surface area contributed by atoms with Gasteiger partial charge < -0.3 is 10.5 Å². The van der Waals surface area contributed by atoms with Crippen LogP contribution in [0.5, 0.6) is 0 Å². The molecule has 0 aliphatic carbocycles. The van der Waals surface area contributed by atoms with Crippen LogP contribution in [0.15, 0.2) is 0 Å². The van der Waals surface area contributed by atoms with Crippen LogP contribution >= 0.6 is 12.6 Å². The molecule has 0 amide bonds. The molecule has 0 unspecified atom stereocenters. The van der Waals surface area contributed by atoms with Gasteiger partial charge in [-0.3, -0.25) is 4.79 Å². The Morgan fingerprint density at radius 1 is 1.42 bits per heavy atom. The van der Waals surface area contributed by atoms with Crippen LogP contribution < -0.4 is 5.73 Å². The highest BCUT2D eigenvalue weighted by molar-refractivity contribution is 7.80. The SMILES string of the molecule is CC(C)(C)OC(=O)[C@](C)(N)CS. The van der Waals surface area contributed by atoms with Crippen LogP contribution in [0.3, 0.4) is 0 Å². The van der Waals surface area contributed by atoms with Crippen molar-refractivity contribution in [3.05, 3.63) is 0 Å². The van der Waals surface area contributed by atoms with Gasteiger partial charge in [-0.25, -0.2) is 0 Å². The van der Waals surface area contributed by atoms with Crippen LogP contribution in [0.1, 0.15) is 27.7 Å². The number of thiol groups is 1. The number of nitrogens with two attached hydrogens (primary N) is 1. The fourth-order valence-electron chi connectivity index (χ4n) is 0.459. The minimum atomic E-state index is -0.990. The molecule has 0 saturated carbocycles. The Kier molecular flexibility index (Phi) is 3.59. The van der Waals surface area contributed by atoms with Gasteiger partial charge in [-0.2, -0.15) is 12.6 Å². The minimum Gasteiger partial charge on any atom is -0.459 e. The molecule has 1 atom stereocenters. The summed E-state index contributed by atoms with van der Waals surface area (Å²) in [6.07, 6.45) is 0. The second-order valence-corrected chi connectivity index (χ2v) is 4.39.